The predicted octanol–water partition coefficient (Wildman–Crippen LogP) is 2.94. The van der Waals surface area contributed by atoms with E-state index >= 15 is 0 Å². The molecule has 168 valence electrons. The number of aliphatic hydroxyl groups is 2. The van der Waals surface area contributed by atoms with Crippen LogP contribution in [0.1, 0.15) is 47.7 Å². The quantitative estimate of drug-likeness (QED) is 0.717. The topological polar surface area (TPSA) is 82.9 Å². The number of aryl methyl sites for hydroxylation is 2. The van der Waals surface area contributed by atoms with Gasteiger partial charge in [0.2, 0.25) is 0 Å². The molecule has 0 bridgehead atoms. The van der Waals surface area contributed by atoms with Crippen molar-refractivity contribution >= 4 is 22.6 Å². The number of ether oxygens (including phenoxy) is 1. The summed E-state index contributed by atoms with van der Waals surface area (Å²) >= 11 is 0. The molecule has 1 aromatic heterocycles. The van der Waals surface area contributed by atoms with Gasteiger partial charge in [-0.25, -0.2) is 14.2 Å². The normalized spacial score (nSPS) is 23.9. The highest BCUT2D eigenvalue weighted by Crippen LogP contribution is 2.42. The highest BCUT2D eigenvalue weighted by atomic mass is 19.1. The summed E-state index contributed by atoms with van der Waals surface area (Å²) < 4.78 is 19.8. The first-order chi connectivity index (χ1) is 15.3. The molecule has 1 atom stereocenters. The van der Waals surface area contributed by atoms with Crippen LogP contribution in [0.2, 0.25) is 0 Å². The Hall–Kier alpha value is -2.77. The van der Waals surface area contributed by atoms with Crippen molar-refractivity contribution in [3.05, 3.63) is 57.1 Å². The van der Waals surface area contributed by atoms with E-state index in [9.17, 15) is 19.4 Å². The Bertz CT molecular complexity index is 1230. The Kier molecular flexibility index (Phi) is 4.87. The zero-order valence-electron chi connectivity index (χ0n) is 18.6. The van der Waals surface area contributed by atoms with Crippen LogP contribution in [0, 0.1) is 12.7 Å². The summed E-state index contributed by atoms with van der Waals surface area (Å²) in [6.07, 6.45) is 4.60. The van der Waals surface area contributed by atoms with Crippen molar-refractivity contribution in [3.63, 3.8) is 0 Å². The van der Waals surface area contributed by atoms with Gasteiger partial charge in [0.1, 0.15) is 12.4 Å². The van der Waals surface area contributed by atoms with Crippen molar-refractivity contribution in [1.29, 1.82) is 0 Å². The van der Waals surface area contributed by atoms with Crippen LogP contribution in [0.5, 0.6) is 0 Å². The van der Waals surface area contributed by atoms with Crippen LogP contribution in [0.25, 0.3) is 16.6 Å². The number of pyridine rings is 1. The van der Waals surface area contributed by atoms with Crippen LogP contribution in [-0.4, -0.2) is 51.9 Å². The number of rotatable bonds is 3. The number of cyclic esters (lactones) is 1. The summed E-state index contributed by atoms with van der Waals surface area (Å²) in [7, 11) is 1.94. The molecule has 6 nitrogen and oxygen atoms in total. The van der Waals surface area contributed by atoms with E-state index in [0.29, 0.717) is 28.8 Å². The van der Waals surface area contributed by atoms with Crippen molar-refractivity contribution in [2.24, 2.45) is 0 Å². The number of halogens is 1. The average molecular weight is 438 g/mol. The molecule has 3 heterocycles. The van der Waals surface area contributed by atoms with Gasteiger partial charge in [-0.2, -0.15) is 0 Å². The van der Waals surface area contributed by atoms with Crippen LogP contribution in [0.4, 0.5) is 4.39 Å². The summed E-state index contributed by atoms with van der Waals surface area (Å²) in [6.45, 7) is 3.80. The molecule has 1 aromatic carbocycles. The summed E-state index contributed by atoms with van der Waals surface area (Å²) in [6, 6.07) is 1.51. The van der Waals surface area contributed by atoms with Crippen molar-refractivity contribution in [2.45, 2.75) is 51.7 Å². The van der Waals surface area contributed by atoms with Gasteiger partial charge in [0.15, 0.2) is 5.60 Å². The number of carbonyl (C=O) groups excluding carboxylic acids is 1. The van der Waals surface area contributed by atoms with E-state index in [1.54, 1.807) is 13.0 Å². The van der Waals surface area contributed by atoms with Gasteiger partial charge in [0.05, 0.1) is 23.5 Å². The molecule has 0 saturated heterocycles. The van der Waals surface area contributed by atoms with E-state index < -0.39 is 11.6 Å². The molecule has 0 fully saturated rings. The molecule has 32 heavy (non-hydrogen) atoms. The smallest absolute Gasteiger partial charge is 0.343 e. The predicted molar refractivity (Wildman–Crippen MR) is 118 cm³/mol. The molecule has 0 saturated carbocycles. The Balaban J connectivity index is 1.76. The molecule has 0 spiro atoms. The lowest BCUT2D eigenvalue weighted by molar-refractivity contribution is -0.163. The van der Waals surface area contributed by atoms with Crippen LogP contribution in [-0.2, 0) is 28.9 Å². The van der Waals surface area contributed by atoms with Crippen molar-refractivity contribution in [2.75, 3.05) is 20.3 Å². The fourth-order valence-corrected chi connectivity index (χ4v) is 5.36. The minimum Gasteiger partial charge on any atom is -0.459 e. The molecular formula is C25H27FN2O4. The molecule has 1 aliphatic carbocycles. The molecule has 0 amide bonds. The van der Waals surface area contributed by atoms with E-state index in [-0.39, 0.29) is 25.5 Å². The Morgan fingerprint density at radius 1 is 1.31 bits per heavy atom. The molecular weight excluding hydrogens is 411 g/mol. The van der Waals surface area contributed by atoms with Crippen LogP contribution in [0.3, 0.4) is 0 Å². The van der Waals surface area contributed by atoms with Gasteiger partial charge < -0.3 is 19.8 Å². The fourth-order valence-electron chi connectivity index (χ4n) is 5.36. The van der Waals surface area contributed by atoms with Crippen molar-refractivity contribution in [1.82, 2.24) is 9.88 Å². The number of nitrogens with zero attached hydrogens (tertiary/aromatic N) is 2. The van der Waals surface area contributed by atoms with E-state index in [0.717, 1.165) is 47.2 Å². The second kappa shape index (κ2) is 7.39. The first-order valence-electron chi connectivity index (χ1n) is 11.1. The van der Waals surface area contributed by atoms with Crippen LogP contribution in [0.15, 0.2) is 23.3 Å². The minimum atomic E-state index is -1.82. The second-order valence-electron chi connectivity index (χ2n) is 8.98. The number of aliphatic hydroxyl groups excluding tert-OH is 1. The van der Waals surface area contributed by atoms with Gasteiger partial charge in [-0.3, -0.25) is 0 Å². The SMILES string of the molecule is CC[C@@]1(O)C(=O)OCC(CO)=C1/C=C1/c2nc3cc(F)c(C)c4c3c(c2CN1C)CCC4. The number of benzene rings is 1. The molecule has 0 radical (unpaired) electrons. The molecule has 2 N–H and O–H groups in total. The van der Waals surface area contributed by atoms with Gasteiger partial charge in [-0.15, -0.1) is 0 Å². The van der Waals surface area contributed by atoms with Crippen LogP contribution < -0.4 is 0 Å². The third kappa shape index (κ3) is 2.84. The zero-order chi connectivity index (χ0) is 22.8. The van der Waals surface area contributed by atoms with E-state index in [1.165, 1.54) is 11.6 Å². The minimum absolute atomic E-state index is 0.0580. The van der Waals surface area contributed by atoms with E-state index in [4.69, 9.17) is 9.72 Å². The highest BCUT2D eigenvalue weighted by Gasteiger charge is 2.44. The van der Waals surface area contributed by atoms with Gasteiger partial charge >= 0.3 is 5.97 Å². The highest BCUT2D eigenvalue weighted by molar-refractivity contribution is 5.93. The summed E-state index contributed by atoms with van der Waals surface area (Å²) in [5.41, 5.74) is 5.22. The summed E-state index contributed by atoms with van der Waals surface area (Å²) in [5.74, 6) is -0.959. The largest absolute Gasteiger partial charge is 0.459 e. The van der Waals surface area contributed by atoms with Gasteiger partial charge in [0, 0.05) is 36.2 Å². The van der Waals surface area contributed by atoms with Gasteiger partial charge in [-0.05, 0) is 60.9 Å². The van der Waals surface area contributed by atoms with E-state index in [2.05, 4.69) is 0 Å². The Morgan fingerprint density at radius 3 is 2.78 bits per heavy atom. The second-order valence-corrected chi connectivity index (χ2v) is 8.98. The number of hydrogen-bond donors (Lipinski definition) is 2. The summed E-state index contributed by atoms with van der Waals surface area (Å²) in [4.78, 5) is 19.3. The first-order valence-corrected chi connectivity index (χ1v) is 11.1. The van der Waals surface area contributed by atoms with Crippen molar-refractivity contribution in [3.8, 4) is 0 Å². The number of hydrogen-bond acceptors (Lipinski definition) is 6. The maximum atomic E-state index is 14.7. The van der Waals surface area contributed by atoms with Gasteiger partial charge in [-0.1, -0.05) is 6.92 Å². The molecule has 2 aliphatic heterocycles. The van der Waals surface area contributed by atoms with Crippen LogP contribution >= 0.6 is 0 Å². The number of carbonyl (C=O) groups is 1. The lowest BCUT2D eigenvalue weighted by Crippen LogP contribution is -2.46. The molecule has 0 unspecified atom stereocenters. The lowest BCUT2D eigenvalue weighted by atomic mass is 9.83. The third-order valence-corrected chi connectivity index (χ3v) is 7.24. The average Bonchev–Trinajstić information content (AvgIpc) is 3.10. The monoisotopic (exact) mass is 438 g/mol. The maximum Gasteiger partial charge on any atom is 0.343 e. The fraction of sp³-hybridized carbons (Fsp3) is 0.440. The number of aromatic nitrogens is 1. The molecule has 7 heteroatoms. The Labute approximate surface area is 186 Å². The van der Waals surface area contributed by atoms with E-state index in [1.807, 2.05) is 18.9 Å². The molecule has 5 rings (SSSR count). The standard InChI is InChI=1S/C25H27FN2O4/c1-4-25(31)18(14(11-29)12-32-24(25)30)8-21-23-17(10-28(21)3)16-7-5-6-15-13(2)19(26)9-20(27-23)22(15)16/h8-9,29,31H,4-7,10-12H2,1-3H3/b21-8-/t25-/m0/s1. The van der Waals surface area contributed by atoms with Gasteiger partial charge in [0.25, 0.3) is 0 Å². The summed E-state index contributed by atoms with van der Waals surface area (Å²) in [5, 5.41) is 22.1. The van der Waals surface area contributed by atoms with Crippen molar-refractivity contribution < 1.29 is 24.1 Å². The number of esters is 1. The molecule has 2 aromatic rings. The zero-order valence-corrected chi connectivity index (χ0v) is 18.6. The first kappa shape index (κ1) is 21.1. The Morgan fingerprint density at radius 2 is 2.06 bits per heavy atom. The maximum absolute atomic E-state index is 14.7. The lowest BCUT2D eigenvalue weighted by Gasteiger charge is -2.33. The third-order valence-electron chi connectivity index (χ3n) is 7.24. The number of fused-ring (bicyclic) bond motifs is 2. The molecule has 3 aliphatic rings.